The lowest BCUT2D eigenvalue weighted by Gasteiger charge is -2.29. The molecule has 0 aromatic rings. The second-order valence-electron chi connectivity index (χ2n) is 4.96. The van der Waals surface area contributed by atoms with E-state index in [1.165, 1.54) is 0 Å². The van der Waals surface area contributed by atoms with Gasteiger partial charge in [-0.1, -0.05) is 13.8 Å². The van der Waals surface area contributed by atoms with E-state index < -0.39 is 12.1 Å². The van der Waals surface area contributed by atoms with Gasteiger partial charge in [-0.25, -0.2) is 4.79 Å². The van der Waals surface area contributed by atoms with Crippen molar-refractivity contribution in [3.8, 4) is 0 Å². The van der Waals surface area contributed by atoms with E-state index in [1.54, 1.807) is 6.92 Å². The van der Waals surface area contributed by atoms with Crippen LogP contribution in [-0.2, 0) is 14.3 Å². The lowest BCUT2D eigenvalue weighted by molar-refractivity contribution is -0.145. The molecule has 0 spiro atoms. The van der Waals surface area contributed by atoms with E-state index in [2.05, 4.69) is 23.3 Å². The van der Waals surface area contributed by atoms with Crippen LogP contribution in [0.2, 0.25) is 0 Å². The maximum Gasteiger partial charge on any atom is 0.516 e. The summed E-state index contributed by atoms with van der Waals surface area (Å²) in [4.78, 5) is 22.6. The molecule has 1 aliphatic carbocycles. The fourth-order valence-electron chi connectivity index (χ4n) is 2.33. The van der Waals surface area contributed by atoms with Crippen molar-refractivity contribution in [1.29, 1.82) is 0 Å². The predicted molar refractivity (Wildman–Crippen MR) is 63.4 cm³/mol. The van der Waals surface area contributed by atoms with Crippen LogP contribution in [0.5, 0.6) is 0 Å². The molecular weight excluding hydrogens is 220 g/mol. The van der Waals surface area contributed by atoms with E-state index >= 15 is 0 Å². The van der Waals surface area contributed by atoms with Crippen molar-refractivity contribution >= 4 is 12.1 Å². The summed E-state index contributed by atoms with van der Waals surface area (Å²) in [6, 6.07) is 0. The normalized spacial score (nSPS) is 24.5. The SMILES string of the molecule is CCOC(=O)OC(=O)[C@H]1CC[C@H](C(C)C)CC1. The van der Waals surface area contributed by atoms with E-state index in [0.717, 1.165) is 25.7 Å². The topological polar surface area (TPSA) is 52.6 Å². The predicted octanol–water partition coefficient (Wildman–Crippen LogP) is 3.15. The van der Waals surface area contributed by atoms with E-state index in [-0.39, 0.29) is 12.5 Å². The Labute approximate surface area is 103 Å². The van der Waals surface area contributed by atoms with Gasteiger partial charge in [0.1, 0.15) is 0 Å². The van der Waals surface area contributed by atoms with Crippen LogP contribution in [0.25, 0.3) is 0 Å². The standard InChI is InChI=1S/C13H22O4/c1-4-16-13(15)17-12(14)11-7-5-10(6-8-11)9(2)3/h9-11H,4-8H2,1-3H3/t10-,11-. The zero-order valence-corrected chi connectivity index (χ0v) is 10.9. The molecule has 1 saturated carbocycles. The summed E-state index contributed by atoms with van der Waals surface area (Å²) in [6.45, 7) is 6.33. The van der Waals surface area contributed by atoms with Crippen LogP contribution in [0.4, 0.5) is 4.79 Å². The first-order valence-electron chi connectivity index (χ1n) is 6.43. The summed E-state index contributed by atoms with van der Waals surface area (Å²) >= 11 is 0. The fraction of sp³-hybridized carbons (Fsp3) is 0.846. The van der Waals surface area contributed by atoms with Gasteiger partial charge in [0, 0.05) is 0 Å². The quantitative estimate of drug-likeness (QED) is 0.563. The molecule has 1 fully saturated rings. The average molecular weight is 242 g/mol. The molecule has 4 heteroatoms. The molecule has 0 bridgehead atoms. The lowest BCUT2D eigenvalue weighted by Crippen LogP contribution is -2.27. The van der Waals surface area contributed by atoms with Gasteiger partial charge in [-0.3, -0.25) is 4.79 Å². The first-order valence-corrected chi connectivity index (χ1v) is 6.43. The third kappa shape index (κ3) is 4.36. The van der Waals surface area contributed by atoms with Gasteiger partial charge in [-0.05, 0) is 44.4 Å². The van der Waals surface area contributed by atoms with E-state index in [9.17, 15) is 9.59 Å². The number of hydrogen-bond acceptors (Lipinski definition) is 4. The average Bonchev–Trinajstić information content (AvgIpc) is 2.29. The molecule has 1 rings (SSSR count). The smallest absolute Gasteiger partial charge is 0.434 e. The van der Waals surface area contributed by atoms with Crippen molar-refractivity contribution in [1.82, 2.24) is 0 Å². The third-order valence-electron chi connectivity index (χ3n) is 3.49. The van der Waals surface area contributed by atoms with E-state index in [1.807, 2.05) is 0 Å². The molecule has 0 heterocycles. The maximum atomic E-state index is 11.6. The summed E-state index contributed by atoms with van der Waals surface area (Å²) in [6.07, 6.45) is 2.85. The maximum absolute atomic E-state index is 11.6. The number of rotatable bonds is 3. The van der Waals surface area contributed by atoms with Crippen LogP contribution in [0.15, 0.2) is 0 Å². The Morgan fingerprint density at radius 2 is 1.76 bits per heavy atom. The highest BCUT2D eigenvalue weighted by Gasteiger charge is 2.30. The Morgan fingerprint density at radius 3 is 2.24 bits per heavy atom. The number of ether oxygens (including phenoxy) is 2. The fourth-order valence-corrected chi connectivity index (χ4v) is 2.33. The highest BCUT2D eigenvalue weighted by atomic mass is 16.7. The van der Waals surface area contributed by atoms with Crippen LogP contribution >= 0.6 is 0 Å². The van der Waals surface area contributed by atoms with Crippen LogP contribution in [-0.4, -0.2) is 18.7 Å². The minimum Gasteiger partial charge on any atom is -0.434 e. The van der Waals surface area contributed by atoms with Crippen molar-refractivity contribution < 1.29 is 19.1 Å². The summed E-state index contributed by atoms with van der Waals surface area (Å²) in [5.74, 6) is 0.804. The van der Waals surface area contributed by atoms with Gasteiger partial charge >= 0.3 is 12.1 Å². The molecule has 0 saturated heterocycles. The molecular formula is C13H22O4. The summed E-state index contributed by atoms with van der Waals surface area (Å²) in [7, 11) is 0. The van der Waals surface area contributed by atoms with Crippen molar-refractivity contribution in [3.05, 3.63) is 0 Å². The molecule has 0 radical (unpaired) electrons. The van der Waals surface area contributed by atoms with Crippen LogP contribution in [0.1, 0.15) is 46.5 Å². The first-order chi connectivity index (χ1) is 8.04. The third-order valence-corrected chi connectivity index (χ3v) is 3.49. The molecule has 0 aliphatic heterocycles. The van der Waals surface area contributed by atoms with Gasteiger partial charge in [0.2, 0.25) is 0 Å². The lowest BCUT2D eigenvalue weighted by atomic mass is 9.77. The molecule has 17 heavy (non-hydrogen) atoms. The van der Waals surface area contributed by atoms with Crippen molar-refractivity contribution in [2.24, 2.45) is 17.8 Å². The van der Waals surface area contributed by atoms with E-state index in [4.69, 9.17) is 0 Å². The largest absolute Gasteiger partial charge is 0.516 e. The zero-order valence-electron chi connectivity index (χ0n) is 10.9. The molecule has 1 aliphatic rings. The first kappa shape index (κ1) is 14.0. The Balaban J connectivity index is 2.33. The molecule has 0 unspecified atom stereocenters. The molecule has 0 amide bonds. The second kappa shape index (κ2) is 6.62. The van der Waals surface area contributed by atoms with Crippen molar-refractivity contribution in [3.63, 3.8) is 0 Å². The van der Waals surface area contributed by atoms with Crippen LogP contribution in [0.3, 0.4) is 0 Å². The van der Waals surface area contributed by atoms with Gasteiger partial charge in [-0.15, -0.1) is 0 Å². The molecule has 4 nitrogen and oxygen atoms in total. The summed E-state index contributed by atoms with van der Waals surface area (Å²) in [5.41, 5.74) is 0. The number of carbonyl (C=O) groups is 2. The summed E-state index contributed by atoms with van der Waals surface area (Å²) in [5, 5.41) is 0. The van der Waals surface area contributed by atoms with Gasteiger partial charge in [0.15, 0.2) is 0 Å². The Morgan fingerprint density at radius 1 is 1.18 bits per heavy atom. The molecule has 0 aromatic heterocycles. The molecule has 98 valence electrons. The van der Waals surface area contributed by atoms with E-state index in [0.29, 0.717) is 11.8 Å². The zero-order chi connectivity index (χ0) is 12.8. The molecule has 0 aromatic carbocycles. The van der Waals surface area contributed by atoms with Crippen LogP contribution in [0, 0.1) is 17.8 Å². The Kier molecular flexibility index (Phi) is 5.45. The Bertz CT molecular complexity index is 265. The number of esters is 1. The molecule has 0 atom stereocenters. The van der Waals surface area contributed by atoms with Gasteiger partial charge in [0.05, 0.1) is 12.5 Å². The molecule has 0 N–H and O–H groups in total. The second-order valence-corrected chi connectivity index (χ2v) is 4.96. The van der Waals surface area contributed by atoms with Crippen molar-refractivity contribution in [2.45, 2.75) is 46.5 Å². The summed E-state index contributed by atoms with van der Waals surface area (Å²) < 4.78 is 9.21. The van der Waals surface area contributed by atoms with Gasteiger partial charge in [0.25, 0.3) is 0 Å². The number of carbonyl (C=O) groups excluding carboxylic acids is 2. The Hall–Kier alpha value is -1.06. The van der Waals surface area contributed by atoms with Crippen molar-refractivity contribution in [2.75, 3.05) is 6.61 Å². The van der Waals surface area contributed by atoms with Crippen LogP contribution < -0.4 is 0 Å². The number of hydrogen-bond donors (Lipinski definition) is 0. The van der Waals surface area contributed by atoms with Gasteiger partial charge < -0.3 is 9.47 Å². The minimum absolute atomic E-state index is 0.130. The highest BCUT2D eigenvalue weighted by molar-refractivity contribution is 5.83. The monoisotopic (exact) mass is 242 g/mol. The minimum atomic E-state index is -0.872. The highest BCUT2D eigenvalue weighted by Crippen LogP contribution is 2.33. The van der Waals surface area contributed by atoms with Gasteiger partial charge in [-0.2, -0.15) is 0 Å².